The van der Waals surface area contributed by atoms with E-state index in [1.54, 1.807) is 6.33 Å². The highest BCUT2D eigenvalue weighted by atomic mass is 15.4. The Labute approximate surface area is 180 Å². The van der Waals surface area contributed by atoms with E-state index in [1.165, 1.54) is 12.0 Å². The van der Waals surface area contributed by atoms with Gasteiger partial charge in [0.2, 0.25) is 0 Å². The summed E-state index contributed by atoms with van der Waals surface area (Å²) in [4.78, 5) is 21.6. The van der Waals surface area contributed by atoms with Crippen LogP contribution in [0.25, 0.3) is 22.3 Å². The van der Waals surface area contributed by atoms with Gasteiger partial charge < -0.3 is 9.88 Å². The van der Waals surface area contributed by atoms with E-state index in [1.807, 2.05) is 36.7 Å². The Balaban J connectivity index is 1.16. The van der Waals surface area contributed by atoms with Gasteiger partial charge in [0.1, 0.15) is 17.8 Å². The number of benzene rings is 1. The Morgan fingerprint density at radius 1 is 1.06 bits per heavy atom. The molecule has 0 saturated carbocycles. The van der Waals surface area contributed by atoms with Gasteiger partial charge in [0, 0.05) is 55.1 Å². The summed E-state index contributed by atoms with van der Waals surface area (Å²) in [6.45, 7) is 2.87. The molecule has 7 heteroatoms. The van der Waals surface area contributed by atoms with E-state index < -0.39 is 0 Å². The molecule has 6 heterocycles. The van der Waals surface area contributed by atoms with E-state index in [9.17, 15) is 0 Å². The fourth-order valence-electron chi connectivity index (χ4n) is 4.90. The molecule has 0 spiro atoms. The third-order valence-electron chi connectivity index (χ3n) is 6.46. The first-order valence-electron chi connectivity index (χ1n) is 10.5. The molecule has 3 fully saturated rings. The summed E-state index contributed by atoms with van der Waals surface area (Å²) in [5.74, 6) is 1.02. The average molecular weight is 407 g/mol. The van der Waals surface area contributed by atoms with Gasteiger partial charge in [0.25, 0.3) is 0 Å². The van der Waals surface area contributed by atoms with Crippen LogP contribution >= 0.6 is 0 Å². The average Bonchev–Trinajstić information content (AvgIpc) is 3.32. The maximum atomic E-state index is 9.14. The van der Waals surface area contributed by atoms with E-state index in [-0.39, 0.29) is 0 Å². The summed E-state index contributed by atoms with van der Waals surface area (Å²) in [7, 11) is 0. The summed E-state index contributed by atoms with van der Waals surface area (Å²) in [5, 5.41) is 10.1. The second-order valence-corrected chi connectivity index (χ2v) is 8.30. The van der Waals surface area contributed by atoms with Crippen LogP contribution in [0.2, 0.25) is 0 Å². The SMILES string of the molecule is N#Cc1cccc(CN2C3CC2CN(c2ccc(-c4ncnc5[nH]ccc45)cn2)C3)c1. The van der Waals surface area contributed by atoms with Crippen LogP contribution in [0.4, 0.5) is 5.82 Å². The third kappa shape index (κ3) is 3.13. The van der Waals surface area contributed by atoms with E-state index in [0.29, 0.717) is 12.1 Å². The number of fused-ring (bicyclic) bond motifs is 3. The van der Waals surface area contributed by atoms with Gasteiger partial charge in [-0.05, 0) is 42.3 Å². The topological polar surface area (TPSA) is 84.7 Å². The smallest absolute Gasteiger partial charge is 0.141 e. The molecule has 2 bridgehead atoms. The summed E-state index contributed by atoms with van der Waals surface area (Å²) in [6.07, 6.45) is 6.61. The van der Waals surface area contributed by atoms with Crippen molar-refractivity contribution in [3.8, 4) is 17.3 Å². The number of nitrogens with one attached hydrogen (secondary N) is 1. The normalized spacial score (nSPS) is 20.4. The zero-order valence-electron chi connectivity index (χ0n) is 16.9. The zero-order valence-corrected chi connectivity index (χ0v) is 16.9. The van der Waals surface area contributed by atoms with Crippen molar-refractivity contribution in [1.29, 1.82) is 5.26 Å². The minimum absolute atomic E-state index is 0.535. The minimum Gasteiger partial charge on any atom is -0.353 e. The van der Waals surface area contributed by atoms with E-state index in [0.717, 1.165) is 53.3 Å². The minimum atomic E-state index is 0.535. The van der Waals surface area contributed by atoms with Crippen molar-refractivity contribution in [3.63, 3.8) is 0 Å². The molecule has 0 aliphatic carbocycles. The highest BCUT2D eigenvalue weighted by Gasteiger charge is 2.44. The number of rotatable bonds is 4. The number of anilines is 1. The molecule has 7 nitrogen and oxygen atoms in total. The molecule has 3 aliphatic heterocycles. The summed E-state index contributed by atoms with van der Waals surface area (Å²) in [5.41, 5.74) is 4.68. The van der Waals surface area contributed by atoms with E-state index in [4.69, 9.17) is 10.2 Å². The quantitative estimate of drug-likeness (QED) is 0.558. The lowest BCUT2D eigenvalue weighted by Gasteiger charge is -2.56. The van der Waals surface area contributed by atoms with Crippen molar-refractivity contribution in [3.05, 3.63) is 72.3 Å². The Hall–Kier alpha value is -3.76. The van der Waals surface area contributed by atoms with Crippen molar-refractivity contribution in [2.75, 3.05) is 18.0 Å². The van der Waals surface area contributed by atoms with Gasteiger partial charge in [-0.15, -0.1) is 0 Å². The number of H-pyrrole nitrogens is 1. The lowest BCUT2D eigenvalue weighted by atomic mass is 9.86. The Morgan fingerprint density at radius 3 is 2.77 bits per heavy atom. The van der Waals surface area contributed by atoms with Gasteiger partial charge in [-0.3, -0.25) is 4.90 Å². The van der Waals surface area contributed by atoms with Crippen LogP contribution in [0.1, 0.15) is 17.5 Å². The second-order valence-electron chi connectivity index (χ2n) is 8.30. The third-order valence-corrected chi connectivity index (χ3v) is 6.46. The van der Waals surface area contributed by atoms with Gasteiger partial charge in [0.15, 0.2) is 0 Å². The Bertz CT molecular complexity index is 1280. The highest BCUT2D eigenvalue weighted by molar-refractivity contribution is 5.90. The largest absolute Gasteiger partial charge is 0.353 e. The summed E-state index contributed by atoms with van der Waals surface area (Å²) in [6, 6.07) is 17.4. The number of nitriles is 1. The molecule has 1 aromatic carbocycles. The van der Waals surface area contributed by atoms with Crippen molar-refractivity contribution in [2.24, 2.45) is 0 Å². The molecule has 152 valence electrons. The van der Waals surface area contributed by atoms with Gasteiger partial charge in [0.05, 0.1) is 17.3 Å². The van der Waals surface area contributed by atoms with Gasteiger partial charge in [-0.25, -0.2) is 15.0 Å². The predicted octanol–water partition coefficient (Wildman–Crippen LogP) is 3.35. The fourth-order valence-corrected chi connectivity index (χ4v) is 4.90. The monoisotopic (exact) mass is 407 g/mol. The number of aromatic nitrogens is 4. The predicted molar refractivity (Wildman–Crippen MR) is 118 cm³/mol. The molecule has 0 radical (unpaired) electrons. The van der Waals surface area contributed by atoms with Crippen LogP contribution < -0.4 is 4.90 Å². The van der Waals surface area contributed by atoms with Crippen molar-refractivity contribution >= 4 is 16.9 Å². The van der Waals surface area contributed by atoms with Gasteiger partial charge >= 0.3 is 0 Å². The van der Waals surface area contributed by atoms with E-state index in [2.05, 4.69) is 49.0 Å². The van der Waals surface area contributed by atoms with Crippen LogP contribution in [0, 0.1) is 11.3 Å². The molecule has 1 N–H and O–H groups in total. The van der Waals surface area contributed by atoms with Crippen LogP contribution in [-0.2, 0) is 6.54 Å². The summed E-state index contributed by atoms with van der Waals surface area (Å²) >= 11 is 0. The van der Waals surface area contributed by atoms with Crippen molar-refractivity contribution in [2.45, 2.75) is 25.0 Å². The second kappa shape index (κ2) is 7.18. The van der Waals surface area contributed by atoms with Crippen LogP contribution in [-0.4, -0.2) is 50.0 Å². The fraction of sp³-hybridized carbons (Fsp3) is 0.250. The number of hydrogen-bond donors (Lipinski definition) is 1. The van der Waals surface area contributed by atoms with Crippen LogP contribution in [0.3, 0.4) is 0 Å². The van der Waals surface area contributed by atoms with Crippen molar-refractivity contribution in [1.82, 2.24) is 24.8 Å². The number of pyridine rings is 1. The Kier molecular flexibility index (Phi) is 4.18. The standard InChI is InChI=1S/C24H21N7/c25-10-16-2-1-3-17(8-16)12-31-19-9-20(31)14-30(13-19)22-5-4-18(11-27-22)23-21-6-7-26-24(21)29-15-28-23/h1-8,11,15,19-20H,9,12-14H2,(H,26,28,29). The number of hydrogen-bond acceptors (Lipinski definition) is 6. The molecule has 2 atom stereocenters. The highest BCUT2D eigenvalue weighted by Crippen LogP contribution is 2.36. The maximum Gasteiger partial charge on any atom is 0.141 e. The van der Waals surface area contributed by atoms with Crippen LogP contribution in [0.5, 0.6) is 0 Å². The van der Waals surface area contributed by atoms with Gasteiger partial charge in [-0.2, -0.15) is 5.26 Å². The maximum absolute atomic E-state index is 9.14. The molecule has 3 saturated heterocycles. The molecule has 3 aromatic heterocycles. The molecule has 3 aliphatic rings. The van der Waals surface area contributed by atoms with Gasteiger partial charge in [-0.1, -0.05) is 12.1 Å². The summed E-state index contributed by atoms with van der Waals surface area (Å²) < 4.78 is 0. The molecule has 31 heavy (non-hydrogen) atoms. The van der Waals surface area contributed by atoms with Crippen LogP contribution in [0.15, 0.2) is 61.2 Å². The molecule has 2 unspecified atom stereocenters. The molecule has 0 amide bonds. The first kappa shape index (κ1) is 18.0. The lowest BCUT2D eigenvalue weighted by molar-refractivity contribution is -0.00868. The lowest BCUT2D eigenvalue weighted by Crippen LogP contribution is -2.68. The number of piperidine rings is 1. The molecule has 4 aromatic rings. The van der Waals surface area contributed by atoms with Crippen molar-refractivity contribution < 1.29 is 0 Å². The molecular weight excluding hydrogens is 386 g/mol. The van der Waals surface area contributed by atoms with E-state index >= 15 is 0 Å². The number of piperazine rings is 1. The Morgan fingerprint density at radius 2 is 1.97 bits per heavy atom. The first-order valence-corrected chi connectivity index (χ1v) is 10.5. The number of nitrogens with zero attached hydrogens (tertiary/aromatic N) is 6. The zero-order chi connectivity index (χ0) is 20.8. The first-order chi connectivity index (χ1) is 15.3. The molecular formula is C24H21N7. The number of aromatic amines is 1. The molecule has 7 rings (SSSR count).